The number of carbonyl (C=O) groups excluding carboxylic acids is 1. The van der Waals surface area contributed by atoms with Crippen molar-refractivity contribution < 1.29 is 27.3 Å². The van der Waals surface area contributed by atoms with Gasteiger partial charge in [-0.25, -0.2) is 4.98 Å². The maximum atomic E-state index is 13.4. The summed E-state index contributed by atoms with van der Waals surface area (Å²) in [7, 11) is 0. The van der Waals surface area contributed by atoms with E-state index in [-0.39, 0.29) is 23.8 Å². The van der Waals surface area contributed by atoms with Gasteiger partial charge in [-0.05, 0) is 41.4 Å². The molecule has 0 saturated carbocycles. The highest BCUT2D eigenvalue weighted by molar-refractivity contribution is 9.10. The molecular weight excluding hydrogens is 449 g/mol. The molecule has 1 aromatic rings. The fourth-order valence-corrected chi connectivity index (χ4v) is 3.54. The Bertz CT molecular complexity index is 644. The molecule has 0 amide bonds. The van der Waals surface area contributed by atoms with E-state index in [0.717, 1.165) is 6.42 Å². The predicted octanol–water partition coefficient (Wildman–Crippen LogP) is 4.62. The number of rotatable bonds is 10. The molecule has 0 radical (unpaired) electrons. The van der Waals surface area contributed by atoms with E-state index >= 15 is 0 Å². The van der Waals surface area contributed by atoms with Crippen LogP contribution in [0.1, 0.15) is 45.2 Å². The number of alkyl halides is 3. The SMILES string of the molecule is CCCC[S+]([O-])/N=C(/C[C@@H](CC(=O)OCC)C(F)(F)F)c1cccc(Br)n1. The van der Waals surface area contributed by atoms with Crippen LogP contribution in [0.15, 0.2) is 27.2 Å². The average molecular weight is 471 g/mol. The summed E-state index contributed by atoms with van der Waals surface area (Å²) in [6.45, 7) is 3.44. The van der Waals surface area contributed by atoms with Crippen LogP contribution in [0.3, 0.4) is 0 Å². The minimum Gasteiger partial charge on any atom is -0.591 e. The van der Waals surface area contributed by atoms with Crippen LogP contribution < -0.4 is 0 Å². The Balaban J connectivity index is 3.15. The van der Waals surface area contributed by atoms with E-state index in [9.17, 15) is 22.5 Å². The van der Waals surface area contributed by atoms with Crippen LogP contribution >= 0.6 is 15.9 Å². The van der Waals surface area contributed by atoms with Gasteiger partial charge in [-0.15, -0.1) is 0 Å². The van der Waals surface area contributed by atoms with E-state index in [1.54, 1.807) is 12.1 Å². The maximum Gasteiger partial charge on any atom is 0.392 e. The molecule has 1 unspecified atom stereocenters. The number of nitrogens with zero attached hydrogens (tertiary/aromatic N) is 2. The predicted molar refractivity (Wildman–Crippen MR) is 102 cm³/mol. The molecule has 0 saturated heterocycles. The van der Waals surface area contributed by atoms with E-state index in [0.29, 0.717) is 11.0 Å². The molecule has 152 valence electrons. The van der Waals surface area contributed by atoms with Crippen molar-refractivity contribution in [2.24, 2.45) is 10.3 Å². The van der Waals surface area contributed by atoms with Gasteiger partial charge < -0.3 is 9.29 Å². The van der Waals surface area contributed by atoms with Gasteiger partial charge >= 0.3 is 12.1 Å². The Kier molecular flexibility index (Phi) is 10.3. The number of esters is 1. The van der Waals surface area contributed by atoms with Gasteiger partial charge in [-0.3, -0.25) is 4.79 Å². The van der Waals surface area contributed by atoms with Crippen LogP contribution in [-0.2, 0) is 20.9 Å². The second-order valence-electron chi connectivity index (χ2n) is 5.71. The van der Waals surface area contributed by atoms with Gasteiger partial charge in [-0.2, -0.15) is 13.2 Å². The fraction of sp³-hybridized carbons (Fsp3) is 0.588. The summed E-state index contributed by atoms with van der Waals surface area (Å²) in [4.78, 5) is 15.7. The topological polar surface area (TPSA) is 74.6 Å². The summed E-state index contributed by atoms with van der Waals surface area (Å²) in [6.07, 6.45) is -4.64. The van der Waals surface area contributed by atoms with Crippen molar-refractivity contribution in [2.75, 3.05) is 12.4 Å². The number of ether oxygens (including phenoxy) is 1. The lowest BCUT2D eigenvalue weighted by Gasteiger charge is -2.20. The fourth-order valence-electron chi connectivity index (χ4n) is 2.15. The van der Waals surface area contributed by atoms with Gasteiger partial charge in [0.05, 0.1) is 36.0 Å². The summed E-state index contributed by atoms with van der Waals surface area (Å²) < 4.78 is 61.5. The number of halogens is 4. The van der Waals surface area contributed by atoms with Crippen LogP contribution in [-0.4, -0.2) is 39.8 Å². The summed E-state index contributed by atoms with van der Waals surface area (Å²) in [5.41, 5.74) is 0.143. The molecule has 0 bridgehead atoms. The molecule has 1 heterocycles. The minimum absolute atomic E-state index is 0.00141. The van der Waals surface area contributed by atoms with Gasteiger partial charge in [-0.1, -0.05) is 23.8 Å². The molecule has 2 atom stereocenters. The summed E-state index contributed by atoms with van der Waals surface area (Å²) in [5.74, 6) is -2.68. The summed E-state index contributed by atoms with van der Waals surface area (Å²) in [6, 6.07) is 4.72. The Hall–Kier alpha value is -1.13. The third-order valence-electron chi connectivity index (χ3n) is 3.52. The first-order valence-corrected chi connectivity index (χ1v) is 10.6. The van der Waals surface area contributed by atoms with E-state index in [1.807, 2.05) is 6.92 Å². The van der Waals surface area contributed by atoms with Crippen LogP contribution in [0.25, 0.3) is 0 Å². The molecule has 27 heavy (non-hydrogen) atoms. The van der Waals surface area contributed by atoms with Crippen LogP contribution in [0, 0.1) is 5.92 Å². The van der Waals surface area contributed by atoms with Crippen LogP contribution in [0.4, 0.5) is 13.2 Å². The first kappa shape index (κ1) is 23.9. The van der Waals surface area contributed by atoms with Gasteiger partial charge in [0, 0.05) is 6.42 Å². The Morgan fingerprint density at radius 3 is 2.63 bits per heavy atom. The third-order valence-corrected chi connectivity index (χ3v) is 5.02. The minimum atomic E-state index is -4.63. The van der Waals surface area contributed by atoms with Crippen molar-refractivity contribution in [2.45, 2.75) is 45.7 Å². The molecule has 0 aliphatic rings. The highest BCUT2D eigenvalue weighted by Gasteiger charge is 2.42. The molecule has 5 nitrogen and oxygen atoms in total. The Morgan fingerprint density at radius 2 is 2.07 bits per heavy atom. The van der Waals surface area contributed by atoms with Gasteiger partial charge in [0.25, 0.3) is 0 Å². The second-order valence-corrected chi connectivity index (χ2v) is 7.76. The third kappa shape index (κ3) is 9.07. The van der Waals surface area contributed by atoms with Crippen molar-refractivity contribution >= 4 is 39.0 Å². The molecule has 1 aromatic heterocycles. The second kappa shape index (κ2) is 11.7. The quantitative estimate of drug-likeness (QED) is 0.216. The van der Waals surface area contributed by atoms with Crippen LogP contribution in [0.2, 0.25) is 0 Å². The van der Waals surface area contributed by atoms with E-state index in [4.69, 9.17) is 0 Å². The largest absolute Gasteiger partial charge is 0.591 e. The Labute approximate surface area is 168 Å². The number of hydrogen-bond acceptors (Lipinski definition) is 5. The van der Waals surface area contributed by atoms with Crippen molar-refractivity contribution in [3.8, 4) is 0 Å². The number of aromatic nitrogens is 1. The molecule has 0 aliphatic heterocycles. The summed E-state index contributed by atoms with van der Waals surface area (Å²) in [5, 5.41) is 0. The zero-order chi connectivity index (χ0) is 20.4. The molecule has 0 aromatic carbocycles. The molecule has 0 N–H and O–H groups in total. The van der Waals surface area contributed by atoms with Crippen molar-refractivity contribution in [1.29, 1.82) is 0 Å². The molecule has 0 fully saturated rings. The van der Waals surface area contributed by atoms with Crippen LogP contribution in [0.5, 0.6) is 0 Å². The number of unbranched alkanes of at least 4 members (excludes halogenated alkanes) is 1. The highest BCUT2D eigenvalue weighted by Crippen LogP contribution is 2.33. The van der Waals surface area contributed by atoms with Gasteiger partial charge in [0.15, 0.2) is 0 Å². The highest BCUT2D eigenvalue weighted by atomic mass is 79.9. The lowest BCUT2D eigenvalue weighted by Crippen LogP contribution is -2.29. The zero-order valence-electron chi connectivity index (χ0n) is 15.1. The smallest absolute Gasteiger partial charge is 0.392 e. The summed E-state index contributed by atoms with van der Waals surface area (Å²) >= 11 is 1.50. The zero-order valence-corrected chi connectivity index (χ0v) is 17.5. The first-order chi connectivity index (χ1) is 12.7. The monoisotopic (exact) mass is 470 g/mol. The normalized spacial score (nSPS) is 14.7. The van der Waals surface area contributed by atoms with Crippen molar-refractivity contribution in [3.63, 3.8) is 0 Å². The Morgan fingerprint density at radius 1 is 1.37 bits per heavy atom. The standard InChI is InChI=1S/C17H22BrF3N2O3S/c1-3-5-9-27(25)23-14(13-7-6-8-15(18)22-13)10-12(17(19,20)21)11-16(24)26-4-2/h6-8,12H,3-5,9-11H2,1-2H3/b23-14-/t12-,27?/m0/s1. The van der Waals surface area contributed by atoms with Gasteiger partial charge in [0.2, 0.25) is 0 Å². The lowest BCUT2D eigenvalue weighted by molar-refractivity contribution is -0.182. The molecule has 0 aliphatic carbocycles. The molecule has 1 rings (SSSR count). The van der Waals surface area contributed by atoms with Gasteiger partial charge in [0.1, 0.15) is 16.1 Å². The van der Waals surface area contributed by atoms with E-state index in [1.165, 1.54) is 13.0 Å². The number of hydrogen-bond donors (Lipinski definition) is 0. The van der Waals surface area contributed by atoms with Crippen molar-refractivity contribution in [1.82, 2.24) is 4.98 Å². The number of carbonyl (C=O) groups is 1. The van der Waals surface area contributed by atoms with E-state index < -0.39 is 42.3 Å². The molecular formula is C17H22BrF3N2O3S. The lowest BCUT2D eigenvalue weighted by atomic mass is 9.96. The van der Waals surface area contributed by atoms with E-state index in [2.05, 4.69) is 30.0 Å². The molecule has 10 heteroatoms. The number of pyridine rings is 1. The molecule has 0 spiro atoms. The van der Waals surface area contributed by atoms with Crippen molar-refractivity contribution in [3.05, 3.63) is 28.5 Å². The maximum absolute atomic E-state index is 13.4. The first-order valence-electron chi connectivity index (χ1n) is 8.48. The average Bonchev–Trinajstić information content (AvgIpc) is 2.58.